The number of hydrogen-bond donors (Lipinski definition) is 0. The van der Waals surface area contributed by atoms with Crippen molar-refractivity contribution in [3.63, 3.8) is 0 Å². The quantitative estimate of drug-likeness (QED) is 0.185. The van der Waals surface area contributed by atoms with Crippen molar-refractivity contribution in [2.24, 2.45) is 0 Å². The molecule has 0 aliphatic rings. The van der Waals surface area contributed by atoms with Gasteiger partial charge in [-0.15, -0.1) is 11.3 Å². The molecule has 0 saturated heterocycles. The molecule has 0 amide bonds. The molecule has 10 aromatic rings. The molecule has 234 valence electrons. The highest BCUT2D eigenvalue weighted by Crippen LogP contribution is 2.46. The molecule has 4 nitrogen and oxygen atoms in total. The van der Waals surface area contributed by atoms with E-state index in [0.717, 1.165) is 27.9 Å². The molecule has 5 heteroatoms. The molecule has 10 rings (SSSR count). The standard InChI is InChI=1S/C45H28N4S/c1-4-15-29(16-5-1)43-46-44(30-17-6-2-7-18-30)48-45(47-43)31-27-37(41-36-22-11-13-26-39(36)50-40(41)28-31)35-24-14-23-34-33-21-10-12-25-38(33)49(42(34)35)32-19-8-3-9-20-32/h1-28H. The average Bonchev–Trinajstić information content (AvgIpc) is 3.74. The number of fused-ring (bicyclic) bond motifs is 6. The molecule has 3 aromatic heterocycles. The van der Waals surface area contributed by atoms with Gasteiger partial charge in [0.2, 0.25) is 0 Å². The summed E-state index contributed by atoms with van der Waals surface area (Å²) in [6.07, 6.45) is 0. The molecule has 0 fully saturated rings. The van der Waals surface area contributed by atoms with Gasteiger partial charge >= 0.3 is 0 Å². The van der Waals surface area contributed by atoms with Crippen LogP contribution in [0.4, 0.5) is 0 Å². The fourth-order valence-corrected chi connectivity index (χ4v) is 8.39. The van der Waals surface area contributed by atoms with Crippen molar-refractivity contribution in [2.75, 3.05) is 0 Å². The van der Waals surface area contributed by atoms with Crippen LogP contribution in [0.25, 0.3) is 93.0 Å². The Morgan fingerprint density at radius 3 is 1.66 bits per heavy atom. The zero-order valence-corrected chi connectivity index (χ0v) is 27.7. The highest BCUT2D eigenvalue weighted by molar-refractivity contribution is 7.26. The maximum atomic E-state index is 5.13. The summed E-state index contributed by atoms with van der Waals surface area (Å²) < 4.78 is 4.86. The van der Waals surface area contributed by atoms with Crippen molar-refractivity contribution in [1.82, 2.24) is 19.5 Å². The van der Waals surface area contributed by atoms with E-state index in [1.54, 1.807) is 0 Å². The van der Waals surface area contributed by atoms with Crippen LogP contribution in [-0.4, -0.2) is 19.5 Å². The maximum absolute atomic E-state index is 5.13. The monoisotopic (exact) mass is 656 g/mol. The Morgan fingerprint density at radius 1 is 0.400 bits per heavy atom. The number of para-hydroxylation sites is 3. The van der Waals surface area contributed by atoms with Crippen LogP contribution in [0.3, 0.4) is 0 Å². The van der Waals surface area contributed by atoms with E-state index in [9.17, 15) is 0 Å². The number of hydrogen-bond acceptors (Lipinski definition) is 4. The third-order valence-electron chi connectivity index (χ3n) is 9.44. The fourth-order valence-electron chi connectivity index (χ4n) is 7.21. The highest BCUT2D eigenvalue weighted by atomic mass is 32.1. The number of benzene rings is 7. The Morgan fingerprint density at radius 2 is 0.960 bits per heavy atom. The van der Waals surface area contributed by atoms with Gasteiger partial charge in [0.1, 0.15) is 0 Å². The van der Waals surface area contributed by atoms with Crippen molar-refractivity contribution in [3.05, 3.63) is 170 Å². The molecule has 0 atom stereocenters. The lowest BCUT2D eigenvalue weighted by atomic mass is 9.95. The number of aromatic nitrogens is 4. The molecule has 0 spiro atoms. The molecule has 50 heavy (non-hydrogen) atoms. The summed E-state index contributed by atoms with van der Waals surface area (Å²) in [4.78, 5) is 15.2. The lowest BCUT2D eigenvalue weighted by Gasteiger charge is -2.14. The highest BCUT2D eigenvalue weighted by Gasteiger charge is 2.21. The summed E-state index contributed by atoms with van der Waals surface area (Å²) in [6.45, 7) is 0. The van der Waals surface area contributed by atoms with Crippen molar-refractivity contribution in [3.8, 4) is 51.0 Å². The van der Waals surface area contributed by atoms with E-state index >= 15 is 0 Å². The predicted molar refractivity (Wildman–Crippen MR) is 209 cm³/mol. The second-order valence-corrected chi connectivity index (χ2v) is 13.5. The number of nitrogens with zero attached hydrogens (tertiary/aromatic N) is 4. The molecule has 3 heterocycles. The smallest absolute Gasteiger partial charge is 0.164 e. The van der Waals surface area contributed by atoms with Crippen LogP contribution in [-0.2, 0) is 0 Å². The van der Waals surface area contributed by atoms with E-state index in [4.69, 9.17) is 15.0 Å². The van der Waals surface area contributed by atoms with Gasteiger partial charge in [-0.3, -0.25) is 0 Å². The van der Waals surface area contributed by atoms with Gasteiger partial charge in [-0.1, -0.05) is 133 Å². The van der Waals surface area contributed by atoms with E-state index in [-0.39, 0.29) is 0 Å². The average molecular weight is 657 g/mol. The van der Waals surface area contributed by atoms with Gasteiger partial charge in [-0.25, -0.2) is 15.0 Å². The Labute approximate surface area is 292 Å². The van der Waals surface area contributed by atoms with E-state index in [0.29, 0.717) is 17.5 Å². The molecular formula is C45H28N4S. The Hall–Kier alpha value is -6.43. The van der Waals surface area contributed by atoms with Crippen LogP contribution < -0.4 is 0 Å². The SMILES string of the molecule is c1ccc(-c2nc(-c3ccccc3)nc(-c3cc(-c4cccc5c6ccccc6n(-c6ccccc6)c45)c4c(c3)sc3ccccc34)n2)cc1. The third kappa shape index (κ3) is 4.63. The normalized spacial score (nSPS) is 11.6. The van der Waals surface area contributed by atoms with Crippen LogP contribution in [0.5, 0.6) is 0 Å². The Balaban J connectivity index is 1.31. The zero-order valence-electron chi connectivity index (χ0n) is 26.9. The fraction of sp³-hybridized carbons (Fsp3) is 0. The molecular weight excluding hydrogens is 629 g/mol. The minimum Gasteiger partial charge on any atom is -0.309 e. The molecule has 7 aromatic carbocycles. The van der Waals surface area contributed by atoms with Crippen molar-refractivity contribution in [1.29, 1.82) is 0 Å². The third-order valence-corrected chi connectivity index (χ3v) is 10.6. The molecule has 0 saturated carbocycles. The zero-order chi connectivity index (χ0) is 33.0. The van der Waals surface area contributed by atoms with Crippen LogP contribution >= 0.6 is 11.3 Å². The van der Waals surface area contributed by atoms with Crippen LogP contribution in [0.2, 0.25) is 0 Å². The molecule has 0 aliphatic carbocycles. The first kappa shape index (κ1) is 28.6. The van der Waals surface area contributed by atoms with Crippen LogP contribution in [0, 0.1) is 0 Å². The van der Waals surface area contributed by atoms with E-state index in [1.807, 2.05) is 47.7 Å². The summed E-state index contributed by atoms with van der Waals surface area (Å²) in [5, 5.41) is 4.94. The summed E-state index contributed by atoms with van der Waals surface area (Å²) in [7, 11) is 0. The van der Waals surface area contributed by atoms with E-state index in [1.165, 1.54) is 47.5 Å². The second kappa shape index (κ2) is 11.6. The largest absolute Gasteiger partial charge is 0.309 e. The Kier molecular flexibility index (Phi) is 6.64. The lowest BCUT2D eigenvalue weighted by Crippen LogP contribution is -2.00. The Bertz CT molecular complexity index is 2800. The van der Waals surface area contributed by atoms with Crippen molar-refractivity contribution >= 4 is 53.3 Å². The minimum atomic E-state index is 0.647. The number of rotatable bonds is 5. The van der Waals surface area contributed by atoms with Gasteiger partial charge in [0.05, 0.1) is 11.0 Å². The molecule has 0 N–H and O–H groups in total. The van der Waals surface area contributed by atoms with Gasteiger partial charge in [0.15, 0.2) is 17.5 Å². The van der Waals surface area contributed by atoms with Gasteiger partial charge in [0.25, 0.3) is 0 Å². The lowest BCUT2D eigenvalue weighted by molar-refractivity contribution is 1.07. The van der Waals surface area contributed by atoms with Gasteiger partial charge < -0.3 is 4.57 Å². The van der Waals surface area contributed by atoms with Crippen LogP contribution in [0.15, 0.2) is 170 Å². The summed E-state index contributed by atoms with van der Waals surface area (Å²) >= 11 is 1.81. The van der Waals surface area contributed by atoms with Gasteiger partial charge in [-0.2, -0.15) is 0 Å². The summed E-state index contributed by atoms with van der Waals surface area (Å²) in [6, 6.07) is 59.7. The molecule has 0 aliphatic heterocycles. The molecule has 0 bridgehead atoms. The minimum absolute atomic E-state index is 0.647. The summed E-state index contributed by atoms with van der Waals surface area (Å²) in [5.74, 6) is 1.95. The van der Waals surface area contributed by atoms with Crippen LogP contribution in [0.1, 0.15) is 0 Å². The van der Waals surface area contributed by atoms with Gasteiger partial charge in [0, 0.05) is 58.9 Å². The number of thiophene rings is 1. The van der Waals surface area contributed by atoms with Crippen molar-refractivity contribution < 1.29 is 0 Å². The van der Waals surface area contributed by atoms with E-state index < -0.39 is 0 Å². The first-order valence-corrected chi connectivity index (χ1v) is 17.5. The molecule has 0 unspecified atom stereocenters. The maximum Gasteiger partial charge on any atom is 0.164 e. The predicted octanol–water partition coefficient (Wildman–Crippen LogP) is 12.0. The first-order valence-electron chi connectivity index (χ1n) is 16.7. The first-order chi connectivity index (χ1) is 24.8. The second-order valence-electron chi connectivity index (χ2n) is 12.4. The molecule has 0 radical (unpaired) electrons. The van der Waals surface area contributed by atoms with Crippen molar-refractivity contribution in [2.45, 2.75) is 0 Å². The topological polar surface area (TPSA) is 43.6 Å². The summed E-state index contributed by atoms with van der Waals surface area (Å²) in [5.41, 5.74) is 8.67. The van der Waals surface area contributed by atoms with E-state index in [2.05, 4.69) is 138 Å². The van der Waals surface area contributed by atoms with Gasteiger partial charge in [-0.05, 0) is 42.0 Å².